The number of carbonyl (C=O) groups excluding carboxylic acids is 1. The third-order valence-corrected chi connectivity index (χ3v) is 3.07. The lowest BCUT2D eigenvalue weighted by Crippen LogP contribution is -2.24. The Bertz CT molecular complexity index is 634. The van der Waals surface area contributed by atoms with Crippen molar-refractivity contribution in [3.05, 3.63) is 45.4 Å². The molecule has 94 valence electrons. The molecule has 0 aliphatic carbocycles. The van der Waals surface area contributed by atoms with Gasteiger partial charge in [-0.05, 0) is 30.4 Å². The van der Waals surface area contributed by atoms with E-state index >= 15 is 0 Å². The van der Waals surface area contributed by atoms with Crippen LogP contribution in [0.1, 0.15) is 16.2 Å². The molecule has 0 fully saturated rings. The summed E-state index contributed by atoms with van der Waals surface area (Å²) in [6.45, 7) is 0.301. The fourth-order valence-electron chi connectivity index (χ4n) is 1.43. The SMILES string of the molecule is Cn1c(CNC(=O)c2cccc(Cl)c2)n[nH]c1=S. The summed E-state index contributed by atoms with van der Waals surface area (Å²) in [6, 6.07) is 6.76. The molecular weight excluding hydrogens is 272 g/mol. The van der Waals surface area contributed by atoms with Crippen LogP contribution in [0.2, 0.25) is 5.02 Å². The van der Waals surface area contributed by atoms with Crippen LogP contribution in [0.15, 0.2) is 24.3 Å². The highest BCUT2D eigenvalue weighted by molar-refractivity contribution is 7.71. The number of hydrogen-bond donors (Lipinski definition) is 2. The molecule has 0 saturated carbocycles. The highest BCUT2D eigenvalue weighted by Crippen LogP contribution is 2.10. The maximum absolute atomic E-state index is 11.8. The van der Waals surface area contributed by atoms with Crippen LogP contribution in [0.5, 0.6) is 0 Å². The van der Waals surface area contributed by atoms with E-state index in [0.29, 0.717) is 27.7 Å². The fraction of sp³-hybridized carbons (Fsp3) is 0.182. The molecule has 1 aromatic carbocycles. The molecule has 0 saturated heterocycles. The first-order valence-corrected chi connectivity index (χ1v) is 6.00. The Morgan fingerprint density at radius 2 is 2.39 bits per heavy atom. The van der Waals surface area contributed by atoms with Crippen molar-refractivity contribution in [2.75, 3.05) is 0 Å². The predicted molar refractivity (Wildman–Crippen MR) is 71.0 cm³/mol. The van der Waals surface area contributed by atoms with E-state index in [1.165, 1.54) is 0 Å². The molecule has 0 bridgehead atoms. The highest BCUT2D eigenvalue weighted by Gasteiger charge is 2.08. The first kappa shape index (κ1) is 12.8. The number of nitrogens with one attached hydrogen (secondary N) is 2. The van der Waals surface area contributed by atoms with Crippen LogP contribution in [-0.2, 0) is 13.6 Å². The first-order chi connectivity index (χ1) is 8.58. The van der Waals surface area contributed by atoms with E-state index in [-0.39, 0.29) is 5.91 Å². The molecule has 2 aromatic rings. The molecular formula is C11H11ClN4OS. The Balaban J connectivity index is 2.05. The smallest absolute Gasteiger partial charge is 0.251 e. The van der Waals surface area contributed by atoms with Gasteiger partial charge in [-0.15, -0.1) is 0 Å². The second-order valence-electron chi connectivity index (χ2n) is 3.70. The van der Waals surface area contributed by atoms with Gasteiger partial charge in [-0.2, -0.15) is 5.10 Å². The van der Waals surface area contributed by atoms with Crippen molar-refractivity contribution >= 4 is 29.7 Å². The zero-order chi connectivity index (χ0) is 13.1. The topological polar surface area (TPSA) is 62.7 Å². The number of halogens is 1. The Labute approximate surface area is 114 Å². The molecule has 0 radical (unpaired) electrons. The van der Waals surface area contributed by atoms with Crippen molar-refractivity contribution in [3.8, 4) is 0 Å². The predicted octanol–water partition coefficient (Wildman–Crippen LogP) is 2.06. The van der Waals surface area contributed by atoms with Crippen molar-refractivity contribution < 1.29 is 4.79 Å². The zero-order valence-electron chi connectivity index (χ0n) is 9.61. The van der Waals surface area contributed by atoms with Gasteiger partial charge < -0.3 is 9.88 Å². The van der Waals surface area contributed by atoms with Gasteiger partial charge in [0.05, 0.1) is 6.54 Å². The molecule has 1 amide bonds. The lowest BCUT2D eigenvalue weighted by molar-refractivity contribution is 0.0949. The summed E-state index contributed by atoms with van der Waals surface area (Å²) >= 11 is 10.8. The maximum Gasteiger partial charge on any atom is 0.251 e. The summed E-state index contributed by atoms with van der Waals surface area (Å²) in [7, 11) is 1.78. The summed E-state index contributed by atoms with van der Waals surface area (Å²) in [5.41, 5.74) is 0.513. The second kappa shape index (κ2) is 5.32. The highest BCUT2D eigenvalue weighted by atomic mass is 35.5. The number of aromatic nitrogens is 3. The molecule has 18 heavy (non-hydrogen) atoms. The van der Waals surface area contributed by atoms with Gasteiger partial charge in [-0.25, -0.2) is 0 Å². The molecule has 5 nitrogen and oxygen atoms in total. The molecule has 2 N–H and O–H groups in total. The third-order valence-electron chi connectivity index (χ3n) is 2.47. The van der Waals surface area contributed by atoms with E-state index in [0.717, 1.165) is 0 Å². The largest absolute Gasteiger partial charge is 0.345 e. The average molecular weight is 283 g/mol. The molecule has 2 rings (SSSR count). The number of hydrogen-bond acceptors (Lipinski definition) is 3. The van der Waals surface area contributed by atoms with Crippen LogP contribution in [0.25, 0.3) is 0 Å². The van der Waals surface area contributed by atoms with E-state index < -0.39 is 0 Å². The van der Waals surface area contributed by atoms with Crippen molar-refractivity contribution in [3.63, 3.8) is 0 Å². The minimum atomic E-state index is -0.202. The first-order valence-electron chi connectivity index (χ1n) is 5.22. The maximum atomic E-state index is 11.8. The Morgan fingerprint density at radius 3 is 3.00 bits per heavy atom. The minimum Gasteiger partial charge on any atom is -0.345 e. The summed E-state index contributed by atoms with van der Waals surface area (Å²) in [4.78, 5) is 11.8. The van der Waals surface area contributed by atoms with Gasteiger partial charge in [0.15, 0.2) is 10.6 Å². The number of rotatable bonds is 3. The van der Waals surface area contributed by atoms with Crippen molar-refractivity contribution in [1.29, 1.82) is 0 Å². The van der Waals surface area contributed by atoms with Gasteiger partial charge in [-0.3, -0.25) is 9.89 Å². The van der Waals surface area contributed by atoms with Gasteiger partial charge >= 0.3 is 0 Å². The average Bonchev–Trinajstić information content (AvgIpc) is 2.67. The quantitative estimate of drug-likeness (QED) is 0.847. The van der Waals surface area contributed by atoms with Crippen molar-refractivity contribution in [1.82, 2.24) is 20.1 Å². The fourth-order valence-corrected chi connectivity index (χ4v) is 1.77. The number of H-pyrrole nitrogens is 1. The standard InChI is InChI=1S/C11H11ClN4OS/c1-16-9(14-15-11(16)18)6-13-10(17)7-3-2-4-8(12)5-7/h2-5H,6H2,1H3,(H,13,17)(H,15,18). The van der Waals surface area contributed by atoms with E-state index in [2.05, 4.69) is 15.5 Å². The number of benzene rings is 1. The van der Waals surface area contributed by atoms with Gasteiger partial charge in [0.1, 0.15) is 0 Å². The van der Waals surface area contributed by atoms with Crippen LogP contribution in [-0.4, -0.2) is 20.7 Å². The second-order valence-corrected chi connectivity index (χ2v) is 4.52. The van der Waals surface area contributed by atoms with Crippen LogP contribution in [0.3, 0.4) is 0 Å². The number of nitrogens with zero attached hydrogens (tertiary/aromatic N) is 2. The van der Waals surface area contributed by atoms with Gasteiger partial charge in [0, 0.05) is 17.6 Å². The molecule has 0 unspecified atom stereocenters. The molecule has 0 atom stereocenters. The number of amides is 1. The molecule has 1 heterocycles. The van der Waals surface area contributed by atoms with Gasteiger partial charge in [0.25, 0.3) is 5.91 Å². The Morgan fingerprint density at radius 1 is 1.61 bits per heavy atom. The Kier molecular flexibility index (Phi) is 3.78. The third kappa shape index (κ3) is 2.77. The molecule has 1 aromatic heterocycles. The number of carbonyl (C=O) groups is 1. The van der Waals surface area contributed by atoms with E-state index in [1.807, 2.05) is 0 Å². The Hall–Kier alpha value is -1.66. The van der Waals surface area contributed by atoms with Crippen LogP contribution < -0.4 is 5.32 Å². The summed E-state index contributed by atoms with van der Waals surface area (Å²) < 4.78 is 2.22. The van der Waals surface area contributed by atoms with Gasteiger partial charge in [0.2, 0.25) is 0 Å². The van der Waals surface area contributed by atoms with Crippen LogP contribution in [0.4, 0.5) is 0 Å². The van der Waals surface area contributed by atoms with E-state index in [1.54, 1.807) is 35.9 Å². The van der Waals surface area contributed by atoms with E-state index in [4.69, 9.17) is 23.8 Å². The molecule has 0 aliphatic rings. The van der Waals surface area contributed by atoms with Crippen LogP contribution >= 0.6 is 23.8 Å². The zero-order valence-corrected chi connectivity index (χ0v) is 11.2. The van der Waals surface area contributed by atoms with Gasteiger partial charge in [-0.1, -0.05) is 17.7 Å². The summed E-state index contributed by atoms with van der Waals surface area (Å²) in [5.74, 6) is 0.460. The minimum absolute atomic E-state index is 0.202. The normalized spacial score (nSPS) is 10.3. The summed E-state index contributed by atoms with van der Waals surface area (Å²) in [6.07, 6.45) is 0. The molecule has 0 spiro atoms. The van der Waals surface area contributed by atoms with Crippen LogP contribution in [0, 0.1) is 4.77 Å². The van der Waals surface area contributed by atoms with Crippen molar-refractivity contribution in [2.24, 2.45) is 7.05 Å². The van der Waals surface area contributed by atoms with Crippen molar-refractivity contribution in [2.45, 2.75) is 6.54 Å². The number of aromatic amines is 1. The van der Waals surface area contributed by atoms with E-state index in [9.17, 15) is 4.79 Å². The molecule has 7 heteroatoms. The summed E-state index contributed by atoms with van der Waals surface area (Å²) in [5, 5.41) is 9.93. The monoisotopic (exact) mass is 282 g/mol. The lowest BCUT2D eigenvalue weighted by Gasteiger charge is -2.04. The lowest BCUT2D eigenvalue weighted by atomic mass is 10.2. The molecule has 0 aliphatic heterocycles.